The van der Waals surface area contributed by atoms with Gasteiger partial charge in [-0.25, -0.2) is 9.18 Å². The van der Waals surface area contributed by atoms with Gasteiger partial charge in [-0.3, -0.25) is 0 Å². The van der Waals surface area contributed by atoms with Crippen molar-refractivity contribution in [3.63, 3.8) is 0 Å². The first kappa shape index (κ1) is 12.8. The molecule has 0 heterocycles. The maximum Gasteiger partial charge on any atom is 0.347 e. The van der Waals surface area contributed by atoms with Crippen LogP contribution >= 0.6 is 11.6 Å². The molecule has 0 aliphatic carbocycles. The van der Waals surface area contributed by atoms with Crippen molar-refractivity contribution < 1.29 is 18.7 Å². The Bertz CT molecular complexity index is 381. The van der Waals surface area contributed by atoms with Crippen LogP contribution in [0.1, 0.15) is 13.8 Å². The summed E-state index contributed by atoms with van der Waals surface area (Å²) in [4.78, 5) is 11.3. The van der Waals surface area contributed by atoms with Gasteiger partial charge in [0, 0.05) is 6.07 Å². The molecule has 1 aromatic rings. The second kappa shape index (κ2) is 5.70. The highest BCUT2D eigenvalue weighted by Crippen LogP contribution is 2.25. The smallest absolute Gasteiger partial charge is 0.347 e. The Labute approximate surface area is 98.1 Å². The Morgan fingerprint density at radius 2 is 2.38 bits per heavy atom. The van der Waals surface area contributed by atoms with Gasteiger partial charge in [-0.2, -0.15) is 0 Å². The number of ether oxygens (including phenoxy) is 2. The molecular weight excluding hydrogens is 235 g/mol. The maximum atomic E-state index is 12.7. The molecule has 1 aromatic carbocycles. The van der Waals surface area contributed by atoms with Crippen molar-refractivity contribution in [2.75, 3.05) is 6.61 Å². The Balaban J connectivity index is 2.69. The minimum Gasteiger partial charge on any atom is -0.477 e. The first-order valence-electron chi connectivity index (χ1n) is 4.74. The first-order chi connectivity index (χ1) is 7.54. The zero-order valence-electron chi connectivity index (χ0n) is 8.92. The average molecular weight is 246 g/mol. The van der Waals surface area contributed by atoms with E-state index < -0.39 is 17.9 Å². The number of carbonyl (C=O) groups excluding carboxylic acids is 1. The molecule has 3 nitrogen and oxygen atoms in total. The van der Waals surface area contributed by atoms with E-state index >= 15 is 0 Å². The van der Waals surface area contributed by atoms with E-state index in [1.54, 1.807) is 6.92 Å². The normalized spacial score (nSPS) is 12.0. The van der Waals surface area contributed by atoms with E-state index in [1.165, 1.54) is 13.0 Å². The molecule has 0 aliphatic rings. The number of halogens is 2. The van der Waals surface area contributed by atoms with E-state index in [2.05, 4.69) is 6.07 Å². The molecule has 0 amide bonds. The van der Waals surface area contributed by atoms with Gasteiger partial charge in [0.05, 0.1) is 11.6 Å². The second-order valence-electron chi connectivity index (χ2n) is 3.01. The summed E-state index contributed by atoms with van der Waals surface area (Å²) in [7, 11) is 0. The lowest BCUT2D eigenvalue weighted by Crippen LogP contribution is -2.26. The SMILES string of the molecule is CCOC(=O)C(C)Oc1c[c]c(F)cc1Cl. The van der Waals surface area contributed by atoms with E-state index in [0.29, 0.717) is 0 Å². The summed E-state index contributed by atoms with van der Waals surface area (Å²) in [6.07, 6.45) is -0.795. The Kier molecular flexibility index (Phi) is 4.55. The second-order valence-corrected chi connectivity index (χ2v) is 3.41. The van der Waals surface area contributed by atoms with Crippen molar-refractivity contribution in [2.24, 2.45) is 0 Å². The third-order valence-corrected chi connectivity index (χ3v) is 2.05. The topological polar surface area (TPSA) is 35.5 Å². The van der Waals surface area contributed by atoms with Crippen LogP contribution in [0, 0.1) is 11.9 Å². The van der Waals surface area contributed by atoms with Crippen LogP contribution in [-0.4, -0.2) is 18.7 Å². The molecule has 1 atom stereocenters. The van der Waals surface area contributed by atoms with Crippen molar-refractivity contribution in [2.45, 2.75) is 20.0 Å². The van der Waals surface area contributed by atoms with Crippen LogP contribution in [0.3, 0.4) is 0 Å². The Morgan fingerprint density at radius 1 is 1.69 bits per heavy atom. The van der Waals surface area contributed by atoms with Gasteiger partial charge in [0.1, 0.15) is 11.6 Å². The van der Waals surface area contributed by atoms with Gasteiger partial charge in [0.2, 0.25) is 0 Å². The third kappa shape index (κ3) is 3.38. The van der Waals surface area contributed by atoms with Gasteiger partial charge in [-0.15, -0.1) is 0 Å². The molecule has 0 aromatic heterocycles. The molecule has 5 heteroatoms. The summed E-state index contributed by atoms with van der Waals surface area (Å²) in [6.45, 7) is 3.50. The van der Waals surface area contributed by atoms with Crippen molar-refractivity contribution >= 4 is 17.6 Å². The molecule has 0 fully saturated rings. The predicted molar refractivity (Wildman–Crippen MR) is 57.0 cm³/mol. The number of carbonyl (C=O) groups is 1. The predicted octanol–water partition coefficient (Wildman–Crippen LogP) is 2.61. The van der Waals surface area contributed by atoms with Gasteiger partial charge in [0.15, 0.2) is 6.10 Å². The standard InChI is InChI=1S/C11H11ClFO3/c1-3-15-11(14)7(2)16-10-5-4-8(13)6-9(10)12/h5-7H,3H2,1-2H3. The fourth-order valence-corrected chi connectivity index (χ4v) is 1.21. The van der Waals surface area contributed by atoms with E-state index in [9.17, 15) is 9.18 Å². The number of rotatable bonds is 4. The minimum absolute atomic E-state index is 0.0902. The van der Waals surface area contributed by atoms with Gasteiger partial charge in [0.25, 0.3) is 0 Å². The molecule has 0 spiro atoms. The highest BCUT2D eigenvalue weighted by Gasteiger charge is 2.17. The average Bonchev–Trinajstić information content (AvgIpc) is 2.22. The molecule has 0 aliphatic heterocycles. The zero-order chi connectivity index (χ0) is 12.1. The quantitative estimate of drug-likeness (QED) is 0.765. The number of hydrogen-bond donors (Lipinski definition) is 0. The molecule has 1 rings (SSSR count). The van der Waals surface area contributed by atoms with Crippen molar-refractivity contribution in [1.29, 1.82) is 0 Å². The minimum atomic E-state index is -0.795. The largest absolute Gasteiger partial charge is 0.477 e. The maximum absolute atomic E-state index is 12.7. The van der Waals surface area contributed by atoms with Gasteiger partial charge < -0.3 is 9.47 Å². The van der Waals surface area contributed by atoms with Gasteiger partial charge in [-0.05, 0) is 26.0 Å². The van der Waals surface area contributed by atoms with E-state index in [0.717, 1.165) is 6.07 Å². The first-order valence-corrected chi connectivity index (χ1v) is 5.12. The van der Waals surface area contributed by atoms with Crippen LogP contribution in [0.2, 0.25) is 5.02 Å². The van der Waals surface area contributed by atoms with Crippen molar-refractivity contribution in [1.82, 2.24) is 0 Å². The Hall–Kier alpha value is -1.29. The lowest BCUT2D eigenvalue weighted by atomic mass is 10.3. The van der Waals surface area contributed by atoms with Gasteiger partial charge >= 0.3 is 5.97 Å². The van der Waals surface area contributed by atoms with Gasteiger partial charge in [-0.1, -0.05) is 11.6 Å². The Morgan fingerprint density at radius 3 is 2.94 bits per heavy atom. The summed E-state index contributed by atoms with van der Waals surface area (Å²) in [5, 5.41) is 0.0902. The van der Waals surface area contributed by atoms with E-state index in [4.69, 9.17) is 21.1 Å². The van der Waals surface area contributed by atoms with E-state index in [-0.39, 0.29) is 17.4 Å². The van der Waals surface area contributed by atoms with Crippen molar-refractivity contribution in [3.05, 3.63) is 29.0 Å². The summed E-state index contributed by atoms with van der Waals surface area (Å²) >= 11 is 5.72. The van der Waals surface area contributed by atoms with Crippen molar-refractivity contribution in [3.8, 4) is 5.75 Å². The summed E-state index contributed by atoms with van der Waals surface area (Å²) in [5.41, 5.74) is 0. The zero-order valence-corrected chi connectivity index (χ0v) is 9.68. The van der Waals surface area contributed by atoms with Crippen LogP contribution < -0.4 is 4.74 Å². The molecule has 0 saturated heterocycles. The highest BCUT2D eigenvalue weighted by molar-refractivity contribution is 6.32. The number of hydrogen-bond acceptors (Lipinski definition) is 3. The molecular formula is C11H11ClFO3. The van der Waals surface area contributed by atoms with Crippen LogP contribution in [0.5, 0.6) is 5.75 Å². The number of esters is 1. The molecule has 87 valence electrons. The van der Waals surface area contributed by atoms with Crippen LogP contribution in [0.25, 0.3) is 0 Å². The molecule has 0 N–H and O–H groups in total. The lowest BCUT2D eigenvalue weighted by molar-refractivity contribution is -0.150. The molecule has 1 radical (unpaired) electrons. The summed E-state index contributed by atoms with van der Waals surface area (Å²) in [5.74, 6) is -0.882. The van der Waals surface area contributed by atoms with Crippen LogP contribution in [0.15, 0.2) is 12.1 Å². The lowest BCUT2D eigenvalue weighted by Gasteiger charge is -2.14. The number of benzene rings is 1. The third-order valence-electron chi connectivity index (χ3n) is 1.75. The summed E-state index contributed by atoms with van der Waals surface area (Å²) in [6, 6.07) is 4.60. The fourth-order valence-electron chi connectivity index (χ4n) is 1.02. The van der Waals surface area contributed by atoms with Crippen LogP contribution in [-0.2, 0) is 9.53 Å². The molecule has 16 heavy (non-hydrogen) atoms. The molecule has 1 unspecified atom stereocenters. The molecule has 0 saturated carbocycles. The molecule has 0 bridgehead atoms. The fraction of sp³-hybridized carbons (Fsp3) is 0.364. The van der Waals surface area contributed by atoms with E-state index in [1.807, 2.05) is 0 Å². The highest BCUT2D eigenvalue weighted by atomic mass is 35.5. The van der Waals surface area contributed by atoms with Crippen LogP contribution in [0.4, 0.5) is 4.39 Å². The summed E-state index contributed by atoms with van der Waals surface area (Å²) < 4.78 is 22.6. The monoisotopic (exact) mass is 245 g/mol.